The number of nitro benzene ring substituents is 1. The number of aromatic amines is 1. The quantitative estimate of drug-likeness (QED) is 0.650. The van der Waals surface area contributed by atoms with E-state index in [9.17, 15) is 10.1 Å². The Hall–Kier alpha value is -2.08. The van der Waals surface area contributed by atoms with Gasteiger partial charge in [-0.1, -0.05) is 6.07 Å². The molecule has 2 aromatic rings. The number of rotatable bonds is 2. The first kappa shape index (κ1) is 11.0. The summed E-state index contributed by atoms with van der Waals surface area (Å²) in [6.45, 7) is 3.00. The highest BCUT2D eigenvalue weighted by Crippen LogP contribution is 2.29. The third-order valence-corrected chi connectivity index (χ3v) is 3.18. The maximum atomic E-state index is 11.0. The van der Waals surface area contributed by atoms with Crippen LogP contribution in [0.5, 0.6) is 0 Å². The van der Waals surface area contributed by atoms with Crippen molar-refractivity contribution < 1.29 is 9.66 Å². The fraction of sp³-hybridized carbons (Fsp3) is 0.333. The molecule has 1 saturated heterocycles. The van der Waals surface area contributed by atoms with Crippen molar-refractivity contribution in [3.05, 3.63) is 34.4 Å². The Bertz CT molecular complexity index is 587. The van der Waals surface area contributed by atoms with Crippen molar-refractivity contribution in [1.29, 1.82) is 0 Å². The van der Waals surface area contributed by atoms with Gasteiger partial charge in [-0.25, -0.2) is 0 Å². The van der Waals surface area contributed by atoms with Crippen LogP contribution in [0.25, 0.3) is 10.9 Å². The summed E-state index contributed by atoms with van der Waals surface area (Å²) in [5.41, 5.74) is 0.939. The Morgan fingerprint density at radius 3 is 2.83 bits per heavy atom. The standard InChI is InChI=1S/C12H13N3O3/c16-15(17)11-3-1-2-10-9(11)8-12(13-10)14-4-6-18-7-5-14/h1-3,8,13H,4-7H2. The zero-order chi connectivity index (χ0) is 12.5. The van der Waals surface area contributed by atoms with Gasteiger partial charge < -0.3 is 14.6 Å². The average Bonchev–Trinajstić information content (AvgIpc) is 2.83. The van der Waals surface area contributed by atoms with Crippen LogP contribution in [-0.2, 0) is 4.74 Å². The van der Waals surface area contributed by atoms with Crippen LogP contribution in [0.1, 0.15) is 0 Å². The number of ether oxygens (including phenoxy) is 1. The number of non-ortho nitro benzene ring substituents is 1. The lowest BCUT2D eigenvalue weighted by molar-refractivity contribution is -0.383. The maximum Gasteiger partial charge on any atom is 0.278 e. The van der Waals surface area contributed by atoms with Crippen LogP contribution in [-0.4, -0.2) is 36.2 Å². The molecule has 1 aromatic carbocycles. The highest BCUT2D eigenvalue weighted by molar-refractivity contribution is 5.92. The van der Waals surface area contributed by atoms with Gasteiger partial charge in [0.15, 0.2) is 0 Å². The lowest BCUT2D eigenvalue weighted by Gasteiger charge is -2.27. The Labute approximate surface area is 103 Å². The molecule has 0 amide bonds. The molecule has 0 radical (unpaired) electrons. The van der Waals surface area contributed by atoms with Crippen molar-refractivity contribution in [3.8, 4) is 0 Å². The van der Waals surface area contributed by atoms with Gasteiger partial charge in [-0.2, -0.15) is 0 Å². The fourth-order valence-corrected chi connectivity index (χ4v) is 2.26. The number of aromatic nitrogens is 1. The van der Waals surface area contributed by atoms with Crippen LogP contribution in [0.3, 0.4) is 0 Å². The maximum absolute atomic E-state index is 11.0. The number of morpholine rings is 1. The SMILES string of the molecule is O=[N+]([O-])c1cccc2[nH]c(N3CCOCC3)cc12. The number of nitrogens with one attached hydrogen (secondary N) is 1. The smallest absolute Gasteiger partial charge is 0.278 e. The van der Waals surface area contributed by atoms with E-state index >= 15 is 0 Å². The predicted molar refractivity (Wildman–Crippen MR) is 68.0 cm³/mol. The van der Waals surface area contributed by atoms with Crippen LogP contribution in [0.4, 0.5) is 11.5 Å². The van der Waals surface area contributed by atoms with Gasteiger partial charge in [0.2, 0.25) is 0 Å². The van der Waals surface area contributed by atoms with Gasteiger partial charge in [0.25, 0.3) is 5.69 Å². The van der Waals surface area contributed by atoms with E-state index < -0.39 is 0 Å². The molecule has 18 heavy (non-hydrogen) atoms. The summed E-state index contributed by atoms with van der Waals surface area (Å²) < 4.78 is 5.29. The van der Waals surface area contributed by atoms with Crippen molar-refractivity contribution in [2.45, 2.75) is 0 Å². The van der Waals surface area contributed by atoms with Gasteiger partial charge in [-0.15, -0.1) is 0 Å². The second-order valence-electron chi connectivity index (χ2n) is 4.25. The summed E-state index contributed by atoms with van der Waals surface area (Å²) in [7, 11) is 0. The minimum absolute atomic E-state index is 0.142. The van der Waals surface area contributed by atoms with E-state index in [2.05, 4.69) is 9.88 Å². The summed E-state index contributed by atoms with van der Waals surface area (Å²) in [5.74, 6) is 0.919. The Morgan fingerprint density at radius 2 is 2.11 bits per heavy atom. The summed E-state index contributed by atoms with van der Waals surface area (Å²) in [6.07, 6.45) is 0. The van der Waals surface area contributed by atoms with Gasteiger partial charge in [-0.05, 0) is 12.1 Å². The number of anilines is 1. The first-order chi connectivity index (χ1) is 8.75. The number of nitrogens with zero attached hydrogens (tertiary/aromatic N) is 2. The van der Waals surface area contributed by atoms with Gasteiger partial charge in [0, 0.05) is 19.2 Å². The second-order valence-corrected chi connectivity index (χ2v) is 4.25. The number of hydrogen-bond acceptors (Lipinski definition) is 4. The van der Waals surface area contributed by atoms with Crippen LogP contribution in [0, 0.1) is 10.1 Å². The van der Waals surface area contributed by atoms with Gasteiger partial charge in [0.05, 0.1) is 29.0 Å². The molecule has 6 nitrogen and oxygen atoms in total. The Morgan fingerprint density at radius 1 is 1.33 bits per heavy atom. The largest absolute Gasteiger partial charge is 0.378 e. The van der Waals surface area contributed by atoms with Crippen LogP contribution < -0.4 is 4.90 Å². The number of H-pyrrole nitrogens is 1. The average molecular weight is 247 g/mol. The minimum Gasteiger partial charge on any atom is -0.378 e. The lowest BCUT2D eigenvalue weighted by atomic mass is 10.2. The number of benzene rings is 1. The number of fused-ring (bicyclic) bond motifs is 1. The van der Waals surface area contributed by atoms with Crippen molar-refractivity contribution in [3.63, 3.8) is 0 Å². The van der Waals surface area contributed by atoms with Crippen LogP contribution >= 0.6 is 0 Å². The highest BCUT2D eigenvalue weighted by atomic mass is 16.6. The van der Waals surface area contributed by atoms with Gasteiger partial charge in [-0.3, -0.25) is 10.1 Å². The molecular weight excluding hydrogens is 234 g/mol. The zero-order valence-corrected chi connectivity index (χ0v) is 9.76. The normalized spacial score (nSPS) is 16.1. The van der Waals surface area contributed by atoms with Crippen molar-refractivity contribution >= 4 is 22.4 Å². The molecule has 3 rings (SSSR count). The van der Waals surface area contributed by atoms with E-state index in [1.54, 1.807) is 6.07 Å². The predicted octanol–water partition coefficient (Wildman–Crippen LogP) is 1.91. The lowest BCUT2D eigenvalue weighted by Crippen LogP contribution is -2.36. The molecule has 0 bridgehead atoms. The van der Waals surface area contributed by atoms with E-state index in [0.29, 0.717) is 18.6 Å². The van der Waals surface area contributed by atoms with E-state index in [4.69, 9.17) is 4.74 Å². The fourth-order valence-electron chi connectivity index (χ4n) is 2.26. The summed E-state index contributed by atoms with van der Waals surface area (Å²) in [5, 5.41) is 11.6. The van der Waals surface area contributed by atoms with Gasteiger partial charge >= 0.3 is 0 Å². The molecule has 0 atom stereocenters. The molecule has 6 heteroatoms. The van der Waals surface area contributed by atoms with Crippen LogP contribution in [0.2, 0.25) is 0 Å². The van der Waals surface area contributed by atoms with E-state index in [1.807, 2.05) is 12.1 Å². The highest BCUT2D eigenvalue weighted by Gasteiger charge is 2.17. The molecule has 1 aliphatic heterocycles. The summed E-state index contributed by atoms with van der Waals surface area (Å²) >= 11 is 0. The first-order valence-electron chi connectivity index (χ1n) is 5.84. The first-order valence-corrected chi connectivity index (χ1v) is 5.84. The molecular formula is C12H13N3O3. The molecule has 1 fully saturated rings. The molecule has 0 spiro atoms. The molecule has 0 unspecified atom stereocenters. The monoisotopic (exact) mass is 247 g/mol. The topological polar surface area (TPSA) is 71.4 Å². The molecule has 1 N–H and O–H groups in total. The molecule has 94 valence electrons. The zero-order valence-electron chi connectivity index (χ0n) is 9.76. The second kappa shape index (κ2) is 4.30. The van der Waals surface area contributed by atoms with Crippen molar-refractivity contribution in [2.24, 2.45) is 0 Å². The summed E-state index contributed by atoms with van der Waals surface area (Å²) in [6, 6.07) is 6.92. The van der Waals surface area contributed by atoms with E-state index in [1.165, 1.54) is 6.07 Å². The summed E-state index contributed by atoms with van der Waals surface area (Å²) in [4.78, 5) is 16.0. The number of hydrogen-bond donors (Lipinski definition) is 1. The third kappa shape index (κ3) is 1.80. The van der Waals surface area contributed by atoms with Crippen molar-refractivity contribution in [2.75, 3.05) is 31.2 Å². The Kier molecular flexibility index (Phi) is 2.64. The minimum atomic E-state index is -0.348. The van der Waals surface area contributed by atoms with Crippen LogP contribution in [0.15, 0.2) is 24.3 Å². The van der Waals surface area contributed by atoms with E-state index in [-0.39, 0.29) is 10.6 Å². The molecule has 1 aromatic heterocycles. The Balaban J connectivity index is 2.04. The number of nitro groups is 1. The van der Waals surface area contributed by atoms with Crippen molar-refractivity contribution in [1.82, 2.24) is 4.98 Å². The third-order valence-electron chi connectivity index (χ3n) is 3.18. The molecule has 0 aliphatic carbocycles. The molecule has 1 aliphatic rings. The molecule has 2 heterocycles. The van der Waals surface area contributed by atoms with E-state index in [0.717, 1.165) is 24.4 Å². The molecule has 0 saturated carbocycles. The van der Waals surface area contributed by atoms with Gasteiger partial charge in [0.1, 0.15) is 5.82 Å².